The van der Waals surface area contributed by atoms with E-state index < -0.39 is 12.6 Å². The quantitative estimate of drug-likeness (QED) is 0.853. The highest BCUT2D eigenvalue weighted by atomic mass is 19.3. The molecule has 0 atom stereocenters. The average molecular weight is 255 g/mol. The third-order valence-electron chi connectivity index (χ3n) is 2.00. The summed E-state index contributed by atoms with van der Waals surface area (Å²) in [5, 5.41) is 2.67. The van der Waals surface area contributed by atoms with Crippen LogP contribution < -0.4 is 10.1 Å². The van der Waals surface area contributed by atoms with Crippen molar-refractivity contribution in [1.29, 1.82) is 0 Å². The average Bonchev–Trinajstić information content (AvgIpc) is 2.31. The number of nitrogens with zero attached hydrogens (tertiary/aromatic N) is 2. The molecule has 1 aromatic heterocycles. The van der Waals surface area contributed by atoms with Crippen LogP contribution in [0.4, 0.5) is 24.7 Å². The molecule has 0 aliphatic rings. The molecule has 0 bridgehead atoms. The molecule has 0 saturated heterocycles. The molecular formula is C11H8F3N3O. The fraction of sp³-hybridized carbons (Fsp3) is 0.0909. The van der Waals surface area contributed by atoms with Crippen LogP contribution in [0.3, 0.4) is 0 Å². The summed E-state index contributed by atoms with van der Waals surface area (Å²) >= 11 is 0. The van der Waals surface area contributed by atoms with Crippen molar-refractivity contribution in [1.82, 2.24) is 9.97 Å². The van der Waals surface area contributed by atoms with Gasteiger partial charge in [-0.1, -0.05) is 12.1 Å². The van der Waals surface area contributed by atoms with Gasteiger partial charge in [0.05, 0.1) is 5.69 Å². The second kappa shape index (κ2) is 5.35. The van der Waals surface area contributed by atoms with Gasteiger partial charge in [0.2, 0.25) is 5.95 Å². The first-order chi connectivity index (χ1) is 8.65. The monoisotopic (exact) mass is 255 g/mol. The lowest BCUT2D eigenvalue weighted by atomic mass is 10.3. The van der Waals surface area contributed by atoms with Gasteiger partial charge < -0.3 is 10.1 Å². The van der Waals surface area contributed by atoms with Crippen LogP contribution in [0.5, 0.6) is 5.75 Å². The second-order valence-corrected chi connectivity index (χ2v) is 3.23. The predicted molar refractivity (Wildman–Crippen MR) is 58.3 cm³/mol. The number of benzene rings is 1. The van der Waals surface area contributed by atoms with Gasteiger partial charge in [0, 0.05) is 6.07 Å². The van der Waals surface area contributed by atoms with Crippen LogP contribution in [0, 0.1) is 5.95 Å². The molecule has 18 heavy (non-hydrogen) atoms. The van der Waals surface area contributed by atoms with Gasteiger partial charge in [0.15, 0.2) is 0 Å². The van der Waals surface area contributed by atoms with Crippen molar-refractivity contribution in [2.75, 3.05) is 5.32 Å². The molecule has 0 fully saturated rings. The van der Waals surface area contributed by atoms with Crippen molar-refractivity contribution >= 4 is 11.5 Å². The summed E-state index contributed by atoms with van der Waals surface area (Å²) in [6.07, 6.45) is 1.02. The summed E-state index contributed by atoms with van der Waals surface area (Å²) in [5.74, 6) is -0.626. The van der Waals surface area contributed by atoms with E-state index in [1.54, 1.807) is 12.1 Å². The lowest BCUT2D eigenvalue weighted by Crippen LogP contribution is -2.05. The Morgan fingerprint density at radius 1 is 1.17 bits per heavy atom. The largest absolute Gasteiger partial charge is 0.433 e. The lowest BCUT2D eigenvalue weighted by Gasteiger charge is -2.11. The maximum Gasteiger partial charge on any atom is 0.387 e. The molecule has 0 aliphatic heterocycles. The number of nitrogens with one attached hydrogen (secondary N) is 1. The van der Waals surface area contributed by atoms with Gasteiger partial charge in [-0.25, -0.2) is 9.97 Å². The van der Waals surface area contributed by atoms with E-state index in [2.05, 4.69) is 20.0 Å². The number of anilines is 2. The van der Waals surface area contributed by atoms with E-state index in [0.29, 0.717) is 0 Å². The Kier molecular flexibility index (Phi) is 3.61. The molecule has 2 rings (SSSR count). The minimum Gasteiger partial charge on any atom is -0.433 e. The summed E-state index contributed by atoms with van der Waals surface area (Å²) in [5.41, 5.74) is 0.260. The molecule has 0 saturated carbocycles. The molecule has 0 unspecified atom stereocenters. The van der Waals surface area contributed by atoms with Crippen LogP contribution in [0.15, 0.2) is 36.7 Å². The molecule has 7 heteroatoms. The van der Waals surface area contributed by atoms with Crippen LogP contribution in [0.2, 0.25) is 0 Å². The molecule has 2 aromatic rings. The number of hydrogen-bond acceptors (Lipinski definition) is 4. The van der Waals surface area contributed by atoms with E-state index in [1.807, 2.05) is 0 Å². The number of ether oxygens (including phenoxy) is 1. The van der Waals surface area contributed by atoms with Gasteiger partial charge >= 0.3 is 6.61 Å². The summed E-state index contributed by atoms with van der Waals surface area (Å²) in [4.78, 5) is 7.03. The number of rotatable bonds is 4. The highest BCUT2D eigenvalue weighted by molar-refractivity contribution is 5.63. The summed E-state index contributed by atoms with van der Waals surface area (Å²) in [7, 11) is 0. The molecule has 1 heterocycles. The van der Waals surface area contributed by atoms with Crippen molar-refractivity contribution in [2.45, 2.75) is 6.61 Å². The van der Waals surface area contributed by atoms with Crippen molar-refractivity contribution in [2.24, 2.45) is 0 Å². The Morgan fingerprint density at radius 2 is 1.94 bits per heavy atom. The number of hydrogen-bond donors (Lipinski definition) is 1. The number of alkyl halides is 2. The fourth-order valence-corrected chi connectivity index (χ4v) is 1.31. The van der Waals surface area contributed by atoms with Gasteiger partial charge in [0.25, 0.3) is 0 Å². The van der Waals surface area contributed by atoms with Gasteiger partial charge in [-0.2, -0.15) is 13.2 Å². The first-order valence-electron chi connectivity index (χ1n) is 4.93. The molecule has 94 valence electrons. The second-order valence-electron chi connectivity index (χ2n) is 3.23. The highest BCUT2D eigenvalue weighted by Gasteiger charge is 2.09. The maximum absolute atomic E-state index is 12.8. The van der Waals surface area contributed by atoms with Crippen LogP contribution in [-0.2, 0) is 0 Å². The highest BCUT2D eigenvalue weighted by Crippen LogP contribution is 2.27. The Balaban J connectivity index is 2.23. The molecule has 0 aliphatic carbocycles. The third-order valence-corrected chi connectivity index (χ3v) is 2.00. The van der Waals surface area contributed by atoms with Crippen LogP contribution in [-0.4, -0.2) is 16.6 Å². The fourth-order valence-electron chi connectivity index (χ4n) is 1.31. The van der Waals surface area contributed by atoms with E-state index >= 15 is 0 Å². The van der Waals surface area contributed by atoms with Gasteiger partial charge in [0.1, 0.15) is 17.9 Å². The molecule has 1 aromatic carbocycles. The van der Waals surface area contributed by atoms with Gasteiger partial charge in [-0.05, 0) is 12.1 Å². The topological polar surface area (TPSA) is 47.0 Å². The Morgan fingerprint density at radius 3 is 2.67 bits per heavy atom. The van der Waals surface area contributed by atoms with E-state index in [9.17, 15) is 13.2 Å². The number of para-hydroxylation sites is 2. The molecule has 0 radical (unpaired) electrons. The maximum atomic E-state index is 12.8. The third kappa shape index (κ3) is 3.09. The number of halogens is 3. The minimum atomic E-state index is -2.94. The zero-order chi connectivity index (χ0) is 13.0. The van der Waals surface area contributed by atoms with Crippen molar-refractivity contribution in [3.05, 3.63) is 42.6 Å². The standard InChI is InChI=1S/C11H8F3N3O/c12-9-5-10(16-6-15-9)17-7-3-1-2-4-8(7)18-11(13)14/h1-6,11H,(H,15,16,17). The SMILES string of the molecule is Fc1cc(Nc2ccccc2OC(F)F)ncn1. The van der Waals surface area contributed by atoms with Crippen molar-refractivity contribution in [3.63, 3.8) is 0 Å². The molecule has 0 amide bonds. The Hall–Kier alpha value is -2.31. The number of aromatic nitrogens is 2. The Bertz CT molecular complexity index is 536. The molecule has 0 spiro atoms. The van der Waals surface area contributed by atoms with Gasteiger partial charge in [-0.3, -0.25) is 0 Å². The van der Waals surface area contributed by atoms with E-state index in [1.165, 1.54) is 12.1 Å². The lowest BCUT2D eigenvalue weighted by molar-refractivity contribution is -0.0493. The zero-order valence-electron chi connectivity index (χ0n) is 8.98. The van der Waals surface area contributed by atoms with Crippen LogP contribution in [0.25, 0.3) is 0 Å². The first-order valence-corrected chi connectivity index (χ1v) is 4.93. The molecule has 1 N–H and O–H groups in total. The first kappa shape index (κ1) is 12.2. The minimum absolute atomic E-state index is 0.0495. The Labute approximate surface area is 100 Å². The van der Waals surface area contributed by atoms with Crippen LogP contribution in [0.1, 0.15) is 0 Å². The summed E-state index contributed by atoms with van der Waals surface area (Å²) in [6, 6.07) is 7.09. The molecular weight excluding hydrogens is 247 g/mol. The normalized spacial score (nSPS) is 10.4. The van der Waals surface area contributed by atoms with E-state index in [0.717, 1.165) is 12.4 Å². The van der Waals surface area contributed by atoms with Crippen LogP contribution >= 0.6 is 0 Å². The van der Waals surface area contributed by atoms with Gasteiger partial charge in [-0.15, -0.1) is 0 Å². The smallest absolute Gasteiger partial charge is 0.387 e. The zero-order valence-corrected chi connectivity index (χ0v) is 8.98. The van der Waals surface area contributed by atoms with E-state index in [4.69, 9.17) is 0 Å². The molecule has 4 nitrogen and oxygen atoms in total. The van der Waals surface area contributed by atoms with Crippen molar-refractivity contribution in [3.8, 4) is 5.75 Å². The van der Waals surface area contributed by atoms with Crippen molar-refractivity contribution < 1.29 is 17.9 Å². The summed E-state index contributed by atoms with van der Waals surface area (Å²) in [6.45, 7) is -2.94. The summed E-state index contributed by atoms with van der Waals surface area (Å²) < 4.78 is 41.5. The van der Waals surface area contributed by atoms with E-state index in [-0.39, 0.29) is 17.3 Å². The predicted octanol–water partition coefficient (Wildman–Crippen LogP) is 2.96.